The summed E-state index contributed by atoms with van der Waals surface area (Å²) in [6.45, 7) is 2.31. The van der Waals surface area contributed by atoms with Gasteiger partial charge in [0.15, 0.2) is 0 Å². The van der Waals surface area contributed by atoms with E-state index in [1.165, 1.54) is 34.7 Å². The number of aromatic carboxylic acids is 1. The van der Waals surface area contributed by atoms with Gasteiger partial charge >= 0.3 is 5.97 Å². The van der Waals surface area contributed by atoms with E-state index in [2.05, 4.69) is 49.4 Å². The van der Waals surface area contributed by atoms with Gasteiger partial charge in [-0.3, -0.25) is 0 Å². The summed E-state index contributed by atoms with van der Waals surface area (Å²) in [6, 6.07) is 22.4. The largest absolute Gasteiger partial charge is 0.478 e. The van der Waals surface area contributed by atoms with Crippen LogP contribution in [-0.2, 0) is 6.42 Å². The molecular formula is C23H24O2. The molecule has 0 heterocycles. The van der Waals surface area contributed by atoms with Gasteiger partial charge in [0.25, 0.3) is 0 Å². The Balaban J connectivity index is 1.54. The summed E-state index contributed by atoms with van der Waals surface area (Å²) >= 11 is 0. The van der Waals surface area contributed by atoms with E-state index in [0.717, 1.165) is 12.8 Å². The molecule has 0 bridgehead atoms. The van der Waals surface area contributed by atoms with Crippen LogP contribution in [-0.4, -0.2) is 11.1 Å². The average Bonchev–Trinajstić information content (AvgIpc) is 2.65. The molecule has 0 amide bonds. The molecule has 128 valence electrons. The zero-order valence-electron chi connectivity index (χ0n) is 14.6. The molecule has 1 atom stereocenters. The smallest absolute Gasteiger partial charge is 0.335 e. The molecule has 0 saturated heterocycles. The van der Waals surface area contributed by atoms with Crippen molar-refractivity contribution < 1.29 is 9.90 Å². The third-order valence-electron chi connectivity index (χ3n) is 4.91. The Labute approximate surface area is 149 Å². The molecule has 3 aromatic carbocycles. The molecule has 25 heavy (non-hydrogen) atoms. The van der Waals surface area contributed by atoms with Crippen molar-refractivity contribution in [1.82, 2.24) is 0 Å². The molecule has 3 rings (SSSR count). The van der Waals surface area contributed by atoms with Crippen molar-refractivity contribution in [3.63, 3.8) is 0 Å². The van der Waals surface area contributed by atoms with Crippen LogP contribution in [0.15, 0.2) is 66.7 Å². The molecule has 0 aliphatic heterocycles. The maximum absolute atomic E-state index is 10.9. The van der Waals surface area contributed by atoms with E-state index in [1.54, 1.807) is 12.1 Å². The summed E-state index contributed by atoms with van der Waals surface area (Å²) in [5.74, 6) is -0.323. The van der Waals surface area contributed by atoms with Crippen molar-refractivity contribution in [2.45, 2.75) is 38.5 Å². The van der Waals surface area contributed by atoms with E-state index in [0.29, 0.717) is 11.5 Å². The van der Waals surface area contributed by atoms with Crippen molar-refractivity contribution in [3.05, 3.63) is 83.4 Å². The van der Waals surface area contributed by atoms with Crippen LogP contribution >= 0.6 is 0 Å². The standard InChI is InChI=1S/C23H24O2/c1-17(21-12-6-10-19-9-4-5-11-22(19)21)7-2-3-8-18-13-15-20(16-14-18)23(24)25/h4-6,9-17H,2-3,7-8H2,1H3,(H,24,25)/t17-/m0/s1. The summed E-state index contributed by atoms with van der Waals surface area (Å²) in [4.78, 5) is 10.9. The zero-order chi connectivity index (χ0) is 17.6. The minimum Gasteiger partial charge on any atom is -0.478 e. The Morgan fingerprint density at radius 3 is 2.40 bits per heavy atom. The summed E-state index contributed by atoms with van der Waals surface area (Å²) in [6.07, 6.45) is 4.47. The molecule has 0 spiro atoms. The topological polar surface area (TPSA) is 37.3 Å². The lowest BCUT2D eigenvalue weighted by Gasteiger charge is -2.14. The molecule has 2 heteroatoms. The van der Waals surface area contributed by atoms with Gasteiger partial charge in [0.1, 0.15) is 0 Å². The van der Waals surface area contributed by atoms with E-state index in [9.17, 15) is 4.79 Å². The van der Waals surface area contributed by atoms with Gasteiger partial charge in [-0.25, -0.2) is 4.79 Å². The number of hydrogen-bond donors (Lipinski definition) is 1. The molecule has 0 unspecified atom stereocenters. The predicted octanol–water partition coefficient (Wildman–Crippen LogP) is 6.05. The van der Waals surface area contributed by atoms with E-state index < -0.39 is 5.97 Å². The molecule has 3 aromatic rings. The second-order valence-electron chi connectivity index (χ2n) is 6.72. The van der Waals surface area contributed by atoms with Gasteiger partial charge in [0.05, 0.1) is 5.56 Å². The van der Waals surface area contributed by atoms with E-state index in [4.69, 9.17) is 5.11 Å². The number of carboxylic acids is 1. The van der Waals surface area contributed by atoms with Crippen LogP contribution in [0.1, 0.15) is 53.6 Å². The summed E-state index contributed by atoms with van der Waals surface area (Å²) in [5.41, 5.74) is 3.00. The van der Waals surface area contributed by atoms with Gasteiger partial charge in [-0.15, -0.1) is 0 Å². The second kappa shape index (κ2) is 7.98. The number of carbonyl (C=O) groups is 1. The predicted molar refractivity (Wildman–Crippen MR) is 103 cm³/mol. The van der Waals surface area contributed by atoms with E-state index in [-0.39, 0.29) is 0 Å². The fourth-order valence-corrected chi connectivity index (χ4v) is 3.43. The number of benzene rings is 3. The van der Waals surface area contributed by atoms with Gasteiger partial charge in [0, 0.05) is 0 Å². The molecule has 2 nitrogen and oxygen atoms in total. The highest BCUT2D eigenvalue weighted by molar-refractivity contribution is 5.87. The van der Waals surface area contributed by atoms with Gasteiger partial charge in [-0.1, -0.05) is 67.9 Å². The van der Waals surface area contributed by atoms with Crippen LogP contribution in [0.25, 0.3) is 10.8 Å². The fourth-order valence-electron chi connectivity index (χ4n) is 3.43. The van der Waals surface area contributed by atoms with E-state index >= 15 is 0 Å². The van der Waals surface area contributed by atoms with Gasteiger partial charge in [-0.2, -0.15) is 0 Å². The number of rotatable bonds is 7. The zero-order valence-corrected chi connectivity index (χ0v) is 14.6. The molecule has 0 aliphatic carbocycles. The Hall–Kier alpha value is -2.61. The lowest BCUT2D eigenvalue weighted by Crippen LogP contribution is -1.97. The maximum Gasteiger partial charge on any atom is 0.335 e. The molecule has 0 fully saturated rings. The van der Waals surface area contributed by atoms with Gasteiger partial charge in [-0.05, 0) is 59.2 Å². The molecule has 0 saturated carbocycles. The highest BCUT2D eigenvalue weighted by Crippen LogP contribution is 2.29. The number of fused-ring (bicyclic) bond motifs is 1. The number of hydrogen-bond acceptors (Lipinski definition) is 1. The first-order chi connectivity index (χ1) is 12.1. The summed E-state index contributed by atoms with van der Waals surface area (Å²) < 4.78 is 0. The van der Waals surface area contributed by atoms with Crippen LogP contribution in [0.3, 0.4) is 0 Å². The van der Waals surface area contributed by atoms with Crippen molar-refractivity contribution in [2.24, 2.45) is 0 Å². The number of carboxylic acid groups (broad SMARTS) is 1. The van der Waals surface area contributed by atoms with Gasteiger partial charge in [0.2, 0.25) is 0 Å². The van der Waals surface area contributed by atoms with Crippen LogP contribution in [0, 0.1) is 0 Å². The van der Waals surface area contributed by atoms with Crippen LogP contribution in [0.4, 0.5) is 0 Å². The third kappa shape index (κ3) is 4.27. The normalized spacial score (nSPS) is 12.2. The van der Waals surface area contributed by atoms with Crippen molar-refractivity contribution in [2.75, 3.05) is 0 Å². The number of aryl methyl sites for hydroxylation is 1. The average molecular weight is 332 g/mol. The Morgan fingerprint density at radius 2 is 1.64 bits per heavy atom. The molecule has 1 N–H and O–H groups in total. The first-order valence-electron chi connectivity index (χ1n) is 8.95. The first-order valence-corrected chi connectivity index (χ1v) is 8.95. The van der Waals surface area contributed by atoms with Crippen LogP contribution < -0.4 is 0 Å². The summed E-state index contributed by atoms with van der Waals surface area (Å²) in [7, 11) is 0. The Bertz CT molecular complexity index is 844. The molecule has 0 radical (unpaired) electrons. The van der Waals surface area contributed by atoms with Crippen molar-refractivity contribution in [3.8, 4) is 0 Å². The minimum atomic E-state index is -0.865. The second-order valence-corrected chi connectivity index (χ2v) is 6.72. The molecule has 0 aromatic heterocycles. The first kappa shape index (κ1) is 17.2. The SMILES string of the molecule is C[C@@H](CCCCc1ccc(C(=O)O)cc1)c1cccc2ccccc12. The number of unbranched alkanes of at least 4 members (excludes halogenated alkanes) is 1. The summed E-state index contributed by atoms with van der Waals surface area (Å²) in [5, 5.41) is 11.6. The monoisotopic (exact) mass is 332 g/mol. The quantitative estimate of drug-likeness (QED) is 0.534. The lowest BCUT2D eigenvalue weighted by atomic mass is 9.90. The maximum atomic E-state index is 10.9. The molecule has 0 aliphatic rings. The Kier molecular flexibility index (Phi) is 5.49. The molecular weight excluding hydrogens is 308 g/mol. The Morgan fingerprint density at radius 1 is 0.920 bits per heavy atom. The van der Waals surface area contributed by atoms with Crippen molar-refractivity contribution in [1.29, 1.82) is 0 Å². The highest BCUT2D eigenvalue weighted by Gasteiger charge is 2.09. The third-order valence-corrected chi connectivity index (χ3v) is 4.91. The van der Waals surface area contributed by atoms with Crippen LogP contribution in [0.2, 0.25) is 0 Å². The fraction of sp³-hybridized carbons (Fsp3) is 0.261. The van der Waals surface area contributed by atoms with Crippen LogP contribution in [0.5, 0.6) is 0 Å². The lowest BCUT2D eigenvalue weighted by molar-refractivity contribution is 0.0697. The van der Waals surface area contributed by atoms with Crippen molar-refractivity contribution >= 4 is 16.7 Å². The minimum absolute atomic E-state index is 0.355. The van der Waals surface area contributed by atoms with Gasteiger partial charge < -0.3 is 5.11 Å². The van der Waals surface area contributed by atoms with E-state index in [1.807, 2.05) is 12.1 Å². The highest BCUT2D eigenvalue weighted by atomic mass is 16.4.